The van der Waals surface area contributed by atoms with E-state index in [1.165, 1.54) is 21.9 Å². The molecule has 0 heterocycles. The Kier molecular flexibility index (Phi) is 4.11. The summed E-state index contributed by atoms with van der Waals surface area (Å²) in [5.41, 5.74) is 2.60. The van der Waals surface area contributed by atoms with Gasteiger partial charge in [-0.2, -0.15) is 0 Å². The van der Waals surface area contributed by atoms with Crippen LogP contribution in [0.4, 0.5) is 0 Å². The van der Waals surface area contributed by atoms with Crippen molar-refractivity contribution in [3.05, 3.63) is 83.9 Å². The third kappa shape index (κ3) is 3.07. The third-order valence-electron chi connectivity index (χ3n) is 3.50. The van der Waals surface area contributed by atoms with E-state index >= 15 is 0 Å². The van der Waals surface area contributed by atoms with Crippen molar-refractivity contribution in [1.82, 2.24) is 5.32 Å². The molecule has 2 heteroatoms. The number of nitrogens with one attached hydrogen (secondary N) is 1. The number of hydrogen-bond acceptors (Lipinski definition) is 1. The summed E-state index contributed by atoms with van der Waals surface area (Å²) in [4.78, 5) is 0. The summed E-state index contributed by atoms with van der Waals surface area (Å²) < 4.78 is 0. The molecule has 0 aliphatic rings. The van der Waals surface area contributed by atoms with E-state index in [0.29, 0.717) is 0 Å². The first-order chi connectivity index (χ1) is 9.83. The van der Waals surface area contributed by atoms with E-state index in [4.69, 9.17) is 0 Å². The van der Waals surface area contributed by atoms with Crippen LogP contribution in [-0.2, 0) is 6.54 Å². The van der Waals surface area contributed by atoms with Gasteiger partial charge in [0.05, 0.1) is 0 Å². The second-order valence-corrected chi connectivity index (χ2v) is 5.62. The maximum atomic E-state index is 3.54. The topological polar surface area (TPSA) is 12.0 Å². The standard InChI is InChI=1S/C18H18NP/c20-18(19-13-14-6-2-1-3-7-14)17-11-10-15-8-4-5-9-16(15)12-17/h1-12,18-19H,13,20H2. The zero-order chi connectivity index (χ0) is 13.8. The molecule has 0 amide bonds. The molecule has 0 aliphatic heterocycles. The Balaban J connectivity index is 1.73. The quantitative estimate of drug-likeness (QED) is 0.693. The number of hydrogen-bond donors (Lipinski definition) is 1. The molecule has 0 saturated carbocycles. The van der Waals surface area contributed by atoms with Crippen LogP contribution >= 0.6 is 9.24 Å². The van der Waals surface area contributed by atoms with Gasteiger partial charge >= 0.3 is 0 Å². The van der Waals surface area contributed by atoms with Crippen molar-refractivity contribution in [2.75, 3.05) is 0 Å². The molecule has 3 aromatic carbocycles. The molecule has 0 radical (unpaired) electrons. The van der Waals surface area contributed by atoms with Crippen molar-refractivity contribution in [3.8, 4) is 0 Å². The van der Waals surface area contributed by atoms with Gasteiger partial charge in [0.25, 0.3) is 0 Å². The molecule has 0 saturated heterocycles. The molecule has 0 aromatic heterocycles. The van der Waals surface area contributed by atoms with E-state index in [-0.39, 0.29) is 5.78 Å². The van der Waals surface area contributed by atoms with Gasteiger partial charge in [0.15, 0.2) is 0 Å². The van der Waals surface area contributed by atoms with Crippen LogP contribution < -0.4 is 5.32 Å². The molecule has 0 fully saturated rings. The Morgan fingerprint density at radius 3 is 2.30 bits per heavy atom. The molecule has 0 aliphatic carbocycles. The Labute approximate surface area is 122 Å². The van der Waals surface area contributed by atoms with Crippen LogP contribution in [0.2, 0.25) is 0 Å². The second-order valence-electron chi connectivity index (χ2n) is 4.95. The minimum absolute atomic E-state index is 0.264. The van der Waals surface area contributed by atoms with Crippen LogP contribution in [0.1, 0.15) is 16.9 Å². The summed E-state index contributed by atoms with van der Waals surface area (Å²) in [6, 6.07) is 25.6. The molecule has 0 spiro atoms. The van der Waals surface area contributed by atoms with Gasteiger partial charge in [-0.15, -0.1) is 9.24 Å². The van der Waals surface area contributed by atoms with Crippen LogP contribution in [0.5, 0.6) is 0 Å². The Hall–Kier alpha value is -1.69. The average molecular weight is 279 g/mol. The zero-order valence-electron chi connectivity index (χ0n) is 11.3. The molecule has 3 aromatic rings. The van der Waals surface area contributed by atoms with Gasteiger partial charge in [-0.1, -0.05) is 66.7 Å². The molecule has 20 heavy (non-hydrogen) atoms. The fraction of sp³-hybridized carbons (Fsp3) is 0.111. The lowest BCUT2D eigenvalue weighted by molar-refractivity contribution is 0.678. The van der Waals surface area contributed by atoms with Crippen molar-refractivity contribution in [3.63, 3.8) is 0 Å². The van der Waals surface area contributed by atoms with Crippen molar-refractivity contribution < 1.29 is 0 Å². The molecule has 100 valence electrons. The van der Waals surface area contributed by atoms with Gasteiger partial charge in [0, 0.05) is 12.3 Å². The highest BCUT2D eigenvalue weighted by molar-refractivity contribution is 7.17. The lowest BCUT2D eigenvalue weighted by atomic mass is 10.1. The Morgan fingerprint density at radius 2 is 1.50 bits per heavy atom. The minimum Gasteiger partial charge on any atom is -0.303 e. The van der Waals surface area contributed by atoms with Crippen molar-refractivity contribution in [2.45, 2.75) is 12.3 Å². The van der Waals surface area contributed by atoms with E-state index < -0.39 is 0 Å². The van der Waals surface area contributed by atoms with Gasteiger partial charge in [0.1, 0.15) is 0 Å². The number of fused-ring (bicyclic) bond motifs is 1. The number of rotatable bonds is 4. The second kappa shape index (κ2) is 6.17. The highest BCUT2D eigenvalue weighted by Gasteiger charge is 2.05. The largest absolute Gasteiger partial charge is 0.303 e. The molecule has 1 N–H and O–H groups in total. The lowest BCUT2D eigenvalue weighted by Crippen LogP contribution is -2.15. The van der Waals surface area contributed by atoms with Gasteiger partial charge < -0.3 is 5.32 Å². The predicted octanol–water partition coefficient (Wildman–Crippen LogP) is 4.50. The summed E-state index contributed by atoms with van der Waals surface area (Å²) in [5.74, 6) is 0.264. The maximum absolute atomic E-state index is 3.54. The van der Waals surface area contributed by atoms with Crippen LogP contribution in [0.15, 0.2) is 72.8 Å². The molecule has 2 unspecified atom stereocenters. The molecule has 3 rings (SSSR count). The maximum Gasteiger partial charge on any atom is 0.0466 e. The van der Waals surface area contributed by atoms with E-state index in [0.717, 1.165) is 6.54 Å². The third-order valence-corrected chi connectivity index (χ3v) is 4.12. The van der Waals surface area contributed by atoms with Crippen molar-refractivity contribution in [2.24, 2.45) is 0 Å². The van der Waals surface area contributed by atoms with Crippen LogP contribution in [0, 0.1) is 0 Å². The number of benzene rings is 3. The van der Waals surface area contributed by atoms with E-state index in [1.807, 2.05) is 6.07 Å². The zero-order valence-corrected chi connectivity index (χ0v) is 12.4. The summed E-state index contributed by atoms with van der Waals surface area (Å²) in [6.45, 7) is 0.877. The normalized spacial score (nSPS) is 12.4. The van der Waals surface area contributed by atoms with Crippen LogP contribution in [0.25, 0.3) is 10.8 Å². The van der Waals surface area contributed by atoms with Gasteiger partial charge in [0.2, 0.25) is 0 Å². The van der Waals surface area contributed by atoms with Crippen molar-refractivity contribution >= 4 is 20.0 Å². The summed E-state index contributed by atoms with van der Waals surface area (Å²) in [5, 5.41) is 6.12. The summed E-state index contributed by atoms with van der Waals surface area (Å²) in [7, 11) is 2.88. The molecule has 2 atom stereocenters. The van der Waals surface area contributed by atoms with E-state index in [9.17, 15) is 0 Å². The fourth-order valence-corrected chi connectivity index (χ4v) is 2.67. The Morgan fingerprint density at radius 1 is 0.800 bits per heavy atom. The van der Waals surface area contributed by atoms with Gasteiger partial charge in [-0.05, 0) is 28.0 Å². The van der Waals surface area contributed by atoms with Crippen molar-refractivity contribution in [1.29, 1.82) is 0 Å². The predicted molar refractivity (Wildman–Crippen MR) is 89.7 cm³/mol. The first-order valence-corrected chi connectivity index (χ1v) is 7.51. The first kappa shape index (κ1) is 13.3. The monoisotopic (exact) mass is 279 g/mol. The van der Waals surface area contributed by atoms with E-state index in [1.54, 1.807) is 0 Å². The molecule has 0 bridgehead atoms. The lowest BCUT2D eigenvalue weighted by Gasteiger charge is -2.15. The fourth-order valence-electron chi connectivity index (χ4n) is 2.34. The Bertz CT molecular complexity index is 694. The highest BCUT2D eigenvalue weighted by atomic mass is 31.0. The molecular formula is C18H18NP. The average Bonchev–Trinajstić information content (AvgIpc) is 2.53. The summed E-state index contributed by atoms with van der Waals surface area (Å²) in [6.07, 6.45) is 0. The molecular weight excluding hydrogens is 261 g/mol. The minimum atomic E-state index is 0.264. The molecule has 1 nitrogen and oxygen atoms in total. The first-order valence-electron chi connectivity index (χ1n) is 6.84. The van der Waals surface area contributed by atoms with Gasteiger partial charge in [-0.25, -0.2) is 0 Å². The SMILES string of the molecule is PC(NCc1ccccc1)c1ccc2ccccc2c1. The summed E-state index contributed by atoms with van der Waals surface area (Å²) >= 11 is 0. The van der Waals surface area contributed by atoms with Gasteiger partial charge in [-0.3, -0.25) is 0 Å². The van der Waals surface area contributed by atoms with E-state index in [2.05, 4.69) is 81.3 Å². The highest BCUT2D eigenvalue weighted by Crippen LogP contribution is 2.24. The smallest absolute Gasteiger partial charge is 0.0466 e. The van der Waals surface area contributed by atoms with Crippen LogP contribution in [0.3, 0.4) is 0 Å². The van der Waals surface area contributed by atoms with Crippen LogP contribution in [-0.4, -0.2) is 0 Å².